The summed E-state index contributed by atoms with van der Waals surface area (Å²) < 4.78 is 36.3. The molecule has 0 aromatic heterocycles. The molecule has 0 amide bonds. The van der Waals surface area contributed by atoms with Crippen LogP contribution in [0.2, 0.25) is 0 Å². The first kappa shape index (κ1) is 34.7. The third-order valence-electron chi connectivity index (χ3n) is 4.39. The van der Waals surface area contributed by atoms with Crippen LogP contribution in [0.5, 0.6) is 11.5 Å². The van der Waals surface area contributed by atoms with E-state index in [9.17, 15) is 19.2 Å². The second-order valence-corrected chi connectivity index (χ2v) is 7.29. The SMILES string of the molecule is CC(=O)Oc1ccccc1C(=O)OCCOCCOCCOCCOC(=O)c1ccccc1OC(C)=O.II. The maximum atomic E-state index is 12.1. The van der Waals surface area contributed by atoms with Crippen molar-refractivity contribution in [3.05, 3.63) is 59.7 Å². The van der Waals surface area contributed by atoms with Gasteiger partial charge in [-0.05, 0) is 24.3 Å². The van der Waals surface area contributed by atoms with E-state index in [1.807, 2.05) is 0 Å². The number of benzene rings is 2. The van der Waals surface area contributed by atoms with Crippen molar-refractivity contribution in [1.29, 1.82) is 0 Å². The second-order valence-electron chi connectivity index (χ2n) is 7.29. The van der Waals surface area contributed by atoms with Crippen molar-refractivity contribution in [2.24, 2.45) is 0 Å². The number of hydrogen-bond donors (Lipinski definition) is 0. The zero-order valence-electron chi connectivity index (χ0n) is 21.5. The molecule has 0 fully saturated rings. The van der Waals surface area contributed by atoms with Crippen molar-refractivity contribution in [1.82, 2.24) is 0 Å². The van der Waals surface area contributed by atoms with Gasteiger partial charge in [0.05, 0.1) is 39.6 Å². The van der Waals surface area contributed by atoms with Crippen molar-refractivity contribution < 1.29 is 52.3 Å². The first-order valence-electron chi connectivity index (χ1n) is 11.6. The summed E-state index contributed by atoms with van der Waals surface area (Å²) >= 11 is 4.24. The van der Waals surface area contributed by atoms with Gasteiger partial charge in [-0.25, -0.2) is 9.59 Å². The Labute approximate surface area is 250 Å². The predicted molar refractivity (Wildman–Crippen MR) is 157 cm³/mol. The Bertz CT molecular complexity index is 965. The summed E-state index contributed by atoms with van der Waals surface area (Å²) in [6.45, 7) is 4.11. The Kier molecular flexibility index (Phi) is 19.1. The number of rotatable bonds is 16. The van der Waals surface area contributed by atoms with Gasteiger partial charge in [-0.3, -0.25) is 9.59 Å². The fourth-order valence-corrected chi connectivity index (χ4v) is 2.84. The lowest BCUT2D eigenvalue weighted by atomic mass is 10.2. The molecule has 2 aromatic rings. The maximum absolute atomic E-state index is 12.1. The Hall–Kier alpha value is -2.34. The molecular weight excluding hydrogens is 742 g/mol. The van der Waals surface area contributed by atoms with Crippen molar-refractivity contribution in [3.63, 3.8) is 0 Å². The smallest absolute Gasteiger partial charge is 0.342 e. The van der Waals surface area contributed by atoms with Crippen molar-refractivity contribution in [2.75, 3.05) is 52.9 Å². The van der Waals surface area contributed by atoms with Crippen LogP contribution < -0.4 is 9.47 Å². The molecule has 0 radical (unpaired) electrons. The number of carbonyl (C=O) groups excluding carboxylic acids is 4. The van der Waals surface area contributed by atoms with Crippen molar-refractivity contribution in [2.45, 2.75) is 13.8 Å². The van der Waals surface area contributed by atoms with Crippen LogP contribution in [0.15, 0.2) is 48.5 Å². The molecule has 0 aliphatic rings. The van der Waals surface area contributed by atoms with Crippen LogP contribution in [0.4, 0.5) is 0 Å². The lowest BCUT2D eigenvalue weighted by Crippen LogP contribution is -2.16. The molecule has 39 heavy (non-hydrogen) atoms. The van der Waals surface area contributed by atoms with E-state index in [0.717, 1.165) is 0 Å². The third kappa shape index (κ3) is 15.1. The Balaban J connectivity index is 0.00000371. The van der Waals surface area contributed by atoms with Gasteiger partial charge in [0, 0.05) is 51.1 Å². The number of carbonyl (C=O) groups is 4. The minimum absolute atomic E-state index is 0.0282. The van der Waals surface area contributed by atoms with E-state index in [2.05, 4.69) is 37.2 Å². The van der Waals surface area contributed by atoms with Crippen LogP contribution in [0.3, 0.4) is 0 Å². The zero-order chi connectivity index (χ0) is 28.9. The van der Waals surface area contributed by atoms with Crippen LogP contribution in [0.25, 0.3) is 0 Å². The number of hydrogen-bond acceptors (Lipinski definition) is 11. The van der Waals surface area contributed by atoms with Gasteiger partial charge >= 0.3 is 23.9 Å². The average Bonchev–Trinajstić information content (AvgIpc) is 2.92. The molecule has 0 atom stereocenters. The van der Waals surface area contributed by atoms with E-state index >= 15 is 0 Å². The summed E-state index contributed by atoms with van der Waals surface area (Å²) in [5, 5.41) is 0. The number of para-hydroxylation sites is 2. The average molecular weight is 772 g/mol. The summed E-state index contributed by atoms with van der Waals surface area (Å²) in [7, 11) is 0. The molecule has 0 spiro atoms. The standard InChI is InChI=1S/C26H30O11.I2/c1-19(27)36-23-9-5-3-7-21(23)25(29)34-17-15-32-13-11-31-12-14-33-16-18-35-26(30)22-8-4-6-10-24(22)37-20(2)28;1-2/h3-10H,11-18H2,1-2H3;. The van der Waals surface area contributed by atoms with Crippen LogP contribution in [0, 0.1) is 0 Å². The van der Waals surface area contributed by atoms with Gasteiger partial charge in [0.15, 0.2) is 0 Å². The molecule has 0 saturated heterocycles. The molecule has 0 aliphatic carbocycles. The highest BCUT2D eigenvalue weighted by molar-refractivity contribution is 15.0. The minimum atomic E-state index is -0.617. The lowest BCUT2D eigenvalue weighted by Gasteiger charge is -2.10. The first-order chi connectivity index (χ1) is 18.9. The largest absolute Gasteiger partial charge is 0.460 e. The van der Waals surface area contributed by atoms with Gasteiger partial charge < -0.3 is 33.2 Å². The molecule has 13 heteroatoms. The van der Waals surface area contributed by atoms with Crippen LogP contribution in [0.1, 0.15) is 34.6 Å². The topological polar surface area (TPSA) is 133 Å². The minimum Gasteiger partial charge on any atom is -0.460 e. The zero-order valence-corrected chi connectivity index (χ0v) is 25.8. The van der Waals surface area contributed by atoms with Gasteiger partial charge in [0.2, 0.25) is 0 Å². The summed E-state index contributed by atoms with van der Waals surface area (Å²) in [6, 6.07) is 12.6. The summed E-state index contributed by atoms with van der Waals surface area (Å²) in [4.78, 5) is 46.5. The van der Waals surface area contributed by atoms with Crippen LogP contribution in [-0.2, 0) is 33.3 Å². The molecule has 0 unspecified atom stereocenters. The van der Waals surface area contributed by atoms with E-state index < -0.39 is 23.9 Å². The fraction of sp³-hybridized carbons (Fsp3) is 0.385. The monoisotopic (exact) mass is 772 g/mol. The molecule has 2 rings (SSSR count). The van der Waals surface area contributed by atoms with Gasteiger partial charge in [0.25, 0.3) is 0 Å². The van der Waals surface area contributed by atoms with E-state index in [1.54, 1.807) is 24.3 Å². The normalized spacial score (nSPS) is 10.1. The Morgan fingerprint density at radius 1 is 0.538 bits per heavy atom. The molecule has 0 saturated carbocycles. The summed E-state index contributed by atoms with van der Waals surface area (Å²) in [5.41, 5.74) is 0.310. The predicted octanol–water partition coefficient (Wildman–Crippen LogP) is 4.37. The molecule has 214 valence electrons. The summed E-state index contributed by atoms with van der Waals surface area (Å²) in [5.74, 6) is -2.02. The highest BCUT2D eigenvalue weighted by atomic mass is 128. The number of ether oxygens (including phenoxy) is 7. The van der Waals surface area contributed by atoms with E-state index in [4.69, 9.17) is 33.2 Å². The highest BCUT2D eigenvalue weighted by Gasteiger charge is 2.15. The lowest BCUT2D eigenvalue weighted by molar-refractivity contribution is -0.132. The maximum Gasteiger partial charge on any atom is 0.342 e. The van der Waals surface area contributed by atoms with Gasteiger partial charge in [-0.1, -0.05) is 24.3 Å². The quantitative estimate of drug-likeness (QED) is 0.104. The van der Waals surface area contributed by atoms with E-state index in [1.165, 1.54) is 38.1 Å². The first-order valence-corrected chi connectivity index (χ1v) is 17.9. The van der Waals surface area contributed by atoms with Crippen LogP contribution >= 0.6 is 37.2 Å². The molecule has 2 aromatic carbocycles. The highest BCUT2D eigenvalue weighted by Crippen LogP contribution is 2.20. The number of halogens is 2. The Morgan fingerprint density at radius 2 is 0.846 bits per heavy atom. The Morgan fingerprint density at radius 3 is 1.18 bits per heavy atom. The molecule has 0 aliphatic heterocycles. The molecule has 0 heterocycles. The summed E-state index contributed by atoms with van der Waals surface area (Å²) in [6.07, 6.45) is 0. The second kappa shape index (κ2) is 21.5. The molecule has 0 N–H and O–H groups in total. The van der Waals surface area contributed by atoms with E-state index in [0.29, 0.717) is 26.4 Å². The molecule has 0 bridgehead atoms. The van der Waals surface area contributed by atoms with Crippen molar-refractivity contribution >= 4 is 61.1 Å². The van der Waals surface area contributed by atoms with Gasteiger partial charge in [0.1, 0.15) is 35.8 Å². The molecule has 11 nitrogen and oxygen atoms in total. The van der Waals surface area contributed by atoms with Crippen LogP contribution in [-0.4, -0.2) is 76.7 Å². The third-order valence-corrected chi connectivity index (χ3v) is 4.39. The van der Waals surface area contributed by atoms with Gasteiger partial charge in [-0.15, -0.1) is 0 Å². The van der Waals surface area contributed by atoms with E-state index in [-0.39, 0.29) is 49.1 Å². The fourth-order valence-electron chi connectivity index (χ4n) is 2.84. The molecular formula is C26H30I2O11. The number of esters is 4. The van der Waals surface area contributed by atoms with Gasteiger partial charge in [-0.2, -0.15) is 0 Å². The van der Waals surface area contributed by atoms with Crippen molar-refractivity contribution in [3.8, 4) is 11.5 Å².